The van der Waals surface area contributed by atoms with Crippen molar-refractivity contribution in [2.24, 2.45) is 0 Å². The molecule has 3 heteroatoms. The minimum Gasteiger partial charge on any atom is -0.400 e. The molecule has 0 aromatic rings. The van der Waals surface area contributed by atoms with Gasteiger partial charge in [0.2, 0.25) is 0 Å². The molecule has 0 radical (unpaired) electrons. The normalized spacial score (nSPS) is 2.80. The topological polar surface area (TPSA) is 54.4 Å². The molecule has 0 aromatic carbocycles. The summed E-state index contributed by atoms with van der Waals surface area (Å²) in [6.45, 7) is 0. The number of rotatable bonds is 0. The van der Waals surface area contributed by atoms with E-state index in [2.05, 4.69) is 0 Å². The molecule has 0 aromatic heterocycles. The molecule has 30 valence electrons. The first-order valence-corrected chi connectivity index (χ1v) is 0.855. The van der Waals surface area contributed by atoms with Gasteiger partial charge >= 0.3 is 6.15 Å². The molecule has 0 bridgehead atoms. The molecule has 3 nitrogen and oxygen atoms in total. The maximum Gasteiger partial charge on any atom is 0.373 e. The summed E-state index contributed by atoms with van der Waals surface area (Å²) < 4.78 is 0. The molecule has 0 unspecified atom stereocenters. The predicted octanol–water partition coefficient (Wildman–Crippen LogP) is -0.975. The van der Waals surface area contributed by atoms with Crippen molar-refractivity contribution >= 4 is 6.15 Å². The molecule has 0 heterocycles. The Morgan fingerprint density at radius 2 is 1.40 bits per heavy atom. The van der Waals surface area contributed by atoms with Crippen LogP contribution in [0.2, 0.25) is 0 Å². The predicted molar refractivity (Wildman–Crippen MR) is 13.1 cm³/mol. The highest BCUT2D eigenvalue weighted by Gasteiger charge is 1.13. The van der Waals surface area contributed by atoms with Gasteiger partial charge in [0.15, 0.2) is 0 Å². The van der Waals surface area contributed by atoms with Crippen molar-refractivity contribution in [3.05, 3.63) is 0 Å². The van der Waals surface area contributed by atoms with Crippen LogP contribution in [0.25, 0.3) is 0 Å². The van der Waals surface area contributed by atoms with E-state index in [-0.39, 0.29) is 6.15 Å². The summed E-state index contributed by atoms with van der Waals surface area (Å²) in [7, 11) is 1.00. The van der Waals surface area contributed by atoms with Gasteiger partial charge in [0, 0.05) is 7.11 Å². The van der Waals surface area contributed by atoms with E-state index in [0.29, 0.717) is 0 Å². The van der Waals surface area contributed by atoms with Crippen molar-refractivity contribution < 1.29 is 14.7 Å². The molecule has 0 rings (SSSR count). The SMILES string of the molecule is CO.O=C=O. The summed E-state index contributed by atoms with van der Waals surface area (Å²) in [5, 5.41) is 7.00. The number of aliphatic hydroxyl groups is 1. The van der Waals surface area contributed by atoms with E-state index in [0.717, 1.165) is 7.11 Å². The fourth-order valence-corrected chi connectivity index (χ4v) is 0. The molecule has 0 spiro atoms. The molecule has 0 atom stereocenters. The highest BCUT2D eigenvalue weighted by molar-refractivity contribution is 5.20. The standard InChI is InChI=1S/CO2.CH4O/c2-1-3;1-2/h;2H,1H3. The molecule has 0 aliphatic rings. The Hall–Kier alpha value is -0.660. The highest BCUT2D eigenvalue weighted by atomic mass is 16.2. The van der Waals surface area contributed by atoms with Crippen LogP contribution < -0.4 is 0 Å². The van der Waals surface area contributed by atoms with Gasteiger partial charge in [-0.05, 0) is 0 Å². The third-order valence-electron chi connectivity index (χ3n) is 0. The average Bonchev–Trinajstić information content (AvgIpc) is 1.46. The van der Waals surface area contributed by atoms with Crippen molar-refractivity contribution in [3.8, 4) is 0 Å². The number of aliphatic hydroxyl groups excluding tert-OH is 1. The zero-order chi connectivity index (χ0) is 4.71. The summed E-state index contributed by atoms with van der Waals surface area (Å²) in [4.78, 5) is 16.2. The van der Waals surface area contributed by atoms with Gasteiger partial charge in [-0.1, -0.05) is 0 Å². The minimum absolute atomic E-state index is 0.250. The van der Waals surface area contributed by atoms with E-state index < -0.39 is 0 Å². The van der Waals surface area contributed by atoms with Crippen molar-refractivity contribution in [2.45, 2.75) is 0 Å². The maximum atomic E-state index is 8.12. The monoisotopic (exact) mass is 76.0 g/mol. The molecular weight excluding hydrogens is 72.0 g/mol. The van der Waals surface area contributed by atoms with Gasteiger partial charge in [0.1, 0.15) is 0 Å². The number of hydrogen-bond donors (Lipinski definition) is 1. The first-order chi connectivity index (χ1) is 2.41. The molecule has 0 saturated heterocycles. The van der Waals surface area contributed by atoms with E-state index in [1.807, 2.05) is 0 Å². The zero-order valence-electron chi connectivity index (χ0n) is 2.76. The smallest absolute Gasteiger partial charge is 0.373 e. The Morgan fingerprint density at radius 3 is 1.40 bits per heavy atom. The number of hydrogen-bond acceptors (Lipinski definition) is 3. The van der Waals surface area contributed by atoms with Gasteiger partial charge in [-0.2, -0.15) is 9.59 Å². The third kappa shape index (κ3) is 13.8. The molecule has 0 fully saturated rings. The minimum atomic E-state index is 0.250. The summed E-state index contributed by atoms with van der Waals surface area (Å²) in [5.41, 5.74) is 0. The highest BCUT2D eigenvalue weighted by Crippen LogP contribution is 0.787. The van der Waals surface area contributed by atoms with Gasteiger partial charge in [-0.25, -0.2) is 0 Å². The van der Waals surface area contributed by atoms with Crippen LogP contribution in [0.4, 0.5) is 0 Å². The van der Waals surface area contributed by atoms with Crippen molar-refractivity contribution in [1.82, 2.24) is 0 Å². The molecule has 1 N–H and O–H groups in total. The summed E-state index contributed by atoms with van der Waals surface area (Å²) in [6, 6.07) is 0. The fraction of sp³-hybridized carbons (Fsp3) is 0.500. The lowest BCUT2D eigenvalue weighted by Gasteiger charge is -1.21. The number of carbonyl (C=O) groups excluding carboxylic acids is 2. The Kier molecular flexibility index (Phi) is 280. The van der Waals surface area contributed by atoms with Crippen molar-refractivity contribution in [1.29, 1.82) is 0 Å². The summed E-state index contributed by atoms with van der Waals surface area (Å²) in [5.74, 6) is 0. The molecule has 0 aliphatic carbocycles. The Bertz CT molecular complexity index is 25.9. The largest absolute Gasteiger partial charge is 0.400 e. The van der Waals surface area contributed by atoms with Crippen LogP contribution in [-0.2, 0) is 9.59 Å². The third-order valence-corrected chi connectivity index (χ3v) is 0. The van der Waals surface area contributed by atoms with Gasteiger partial charge < -0.3 is 5.11 Å². The Morgan fingerprint density at radius 1 is 1.40 bits per heavy atom. The van der Waals surface area contributed by atoms with E-state index in [4.69, 9.17) is 14.7 Å². The van der Waals surface area contributed by atoms with E-state index in [9.17, 15) is 0 Å². The first-order valence-electron chi connectivity index (χ1n) is 0.855. The fourth-order valence-electron chi connectivity index (χ4n) is 0. The van der Waals surface area contributed by atoms with Gasteiger partial charge in [-0.15, -0.1) is 0 Å². The second-order valence-corrected chi connectivity index (χ2v) is 0.0833. The first kappa shape index (κ1) is 8.84. The van der Waals surface area contributed by atoms with Gasteiger partial charge in [0.25, 0.3) is 0 Å². The second kappa shape index (κ2) is 158. The molecule has 5 heavy (non-hydrogen) atoms. The Balaban J connectivity index is 0. The van der Waals surface area contributed by atoms with E-state index in [1.165, 1.54) is 0 Å². The summed E-state index contributed by atoms with van der Waals surface area (Å²) in [6.07, 6.45) is 0.250. The maximum absolute atomic E-state index is 8.12. The lowest BCUT2D eigenvalue weighted by Crippen LogP contribution is -1.25. The lowest BCUT2D eigenvalue weighted by atomic mass is 11.8. The van der Waals surface area contributed by atoms with Gasteiger partial charge in [0.05, 0.1) is 0 Å². The van der Waals surface area contributed by atoms with Crippen LogP contribution in [0.5, 0.6) is 0 Å². The van der Waals surface area contributed by atoms with E-state index in [1.54, 1.807) is 0 Å². The van der Waals surface area contributed by atoms with Crippen molar-refractivity contribution in [2.75, 3.05) is 7.11 Å². The lowest BCUT2D eigenvalue weighted by molar-refractivity contribution is -0.191. The average molecular weight is 76.1 g/mol. The van der Waals surface area contributed by atoms with Gasteiger partial charge in [-0.3, -0.25) is 0 Å². The molecule has 0 aliphatic heterocycles. The van der Waals surface area contributed by atoms with Crippen molar-refractivity contribution in [3.63, 3.8) is 0 Å². The van der Waals surface area contributed by atoms with Crippen LogP contribution in [0.15, 0.2) is 0 Å². The zero-order valence-corrected chi connectivity index (χ0v) is 2.76. The molecule has 0 amide bonds. The molecule has 0 saturated carbocycles. The van der Waals surface area contributed by atoms with Crippen LogP contribution in [0.3, 0.4) is 0 Å². The quantitative estimate of drug-likeness (QED) is 0.403. The second-order valence-electron chi connectivity index (χ2n) is 0.0833. The molecular formula is C2H4O3. The van der Waals surface area contributed by atoms with Crippen LogP contribution in [0, 0.1) is 0 Å². The van der Waals surface area contributed by atoms with Crippen LogP contribution in [0.1, 0.15) is 0 Å². The van der Waals surface area contributed by atoms with Crippen LogP contribution in [-0.4, -0.2) is 18.4 Å². The summed E-state index contributed by atoms with van der Waals surface area (Å²) >= 11 is 0. The van der Waals surface area contributed by atoms with E-state index >= 15 is 0 Å². The van der Waals surface area contributed by atoms with Crippen LogP contribution >= 0.6 is 0 Å². The Labute approximate surface area is 29.2 Å².